The molecule has 0 amide bonds. The summed E-state index contributed by atoms with van der Waals surface area (Å²) in [5.74, 6) is 1.65. The van der Waals surface area contributed by atoms with Crippen molar-refractivity contribution in [1.82, 2.24) is 9.78 Å². The lowest BCUT2D eigenvalue weighted by atomic mass is 10.2. The van der Waals surface area contributed by atoms with E-state index in [2.05, 4.69) is 31.1 Å². The lowest BCUT2D eigenvalue weighted by Crippen LogP contribution is -2.29. The van der Waals surface area contributed by atoms with Crippen LogP contribution in [0.5, 0.6) is 0 Å². The first-order chi connectivity index (χ1) is 9.11. The van der Waals surface area contributed by atoms with Crippen LogP contribution in [0.4, 0.5) is 5.69 Å². The number of nitrogens with one attached hydrogen (secondary N) is 1. The minimum absolute atomic E-state index is 0.187. The Balaban J connectivity index is 2.16. The van der Waals surface area contributed by atoms with Crippen molar-refractivity contribution in [1.29, 1.82) is 0 Å². The molecule has 6 nitrogen and oxygen atoms in total. The first-order valence-corrected chi connectivity index (χ1v) is 7.73. The third kappa shape index (κ3) is 3.50. The van der Waals surface area contributed by atoms with Gasteiger partial charge >= 0.3 is 5.97 Å². The molecule has 1 fully saturated rings. The minimum Gasteiger partial charge on any atom is -0.468 e. The SMILES string of the molecule is COC(=O)Cn1ncc(NC2CCSC2)c(Br)c1=O. The van der Waals surface area contributed by atoms with Gasteiger partial charge in [-0.05, 0) is 28.1 Å². The zero-order valence-corrected chi connectivity index (χ0v) is 12.8. The van der Waals surface area contributed by atoms with Crippen molar-refractivity contribution in [3.05, 3.63) is 21.0 Å². The lowest BCUT2D eigenvalue weighted by molar-refractivity contribution is -0.141. The maximum absolute atomic E-state index is 12.0. The summed E-state index contributed by atoms with van der Waals surface area (Å²) in [6.45, 7) is -0.187. The number of aromatic nitrogens is 2. The van der Waals surface area contributed by atoms with Gasteiger partial charge in [-0.2, -0.15) is 16.9 Å². The van der Waals surface area contributed by atoms with Crippen LogP contribution in [-0.4, -0.2) is 40.4 Å². The number of nitrogens with zero attached hydrogens (tertiary/aromatic N) is 2. The van der Waals surface area contributed by atoms with E-state index in [1.165, 1.54) is 7.11 Å². The number of halogens is 1. The quantitative estimate of drug-likeness (QED) is 0.822. The number of hydrogen-bond donors (Lipinski definition) is 1. The normalized spacial score (nSPS) is 18.3. The Hall–Kier alpha value is -1.02. The highest BCUT2D eigenvalue weighted by Crippen LogP contribution is 2.23. The number of carbonyl (C=O) groups is 1. The predicted octanol–water partition coefficient (Wildman–Crippen LogP) is 1.10. The molecule has 1 aliphatic heterocycles. The van der Waals surface area contributed by atoms with Gasteiger partial charge in [-0.3, -0.25) is 9.59 Å². The second kappa shape index (κ2) is 6.42. The van der Waals surface area contributed by atoms with Crippen molar-refractivity contribution in [3.63, 3.8) is 0 Å². The smallest absolute Gasteiger partial charge is 0.327 e. The van der Waals surface area contributed by atoms with Gasteiger partial charge < -0.3 is 10.1 Å². The van der Waals surface area contributed by atoms with Crippen LogP contribution < -0.4 is 10.9 Å². The fourth-order valence-electron chi connectivity index (χ4n) is 1.73. The lowest BCUT2D eigenvalue weighted by Gasteiger charge is -2.14. The Morgan fingerprint density at radius 2 is 2.53 bits per heavy atom. The summed E-state index contributed by atoms with van der Waals surface area (Å²) in [5, 5.41) is 7.26. The predicted molar refractivity (Wildman–Crippen MR) is 77.6 cm³/mol. The zero-order valence-electron chi connectivity index (χ0n) is 10.4. The molecule has 1 unspecified atom stereocenters. The molecule has 1 aromatic rings. The minimum atomic E-state index is -0.505. The van der Waals surface area contributed by atoms with E-state index in [1.54, 1.807) is 6.20 Å². The standard InChI is InChI=1S/C11H14BrN3O3S/c1-18-9(16)5-15-11(17)10(12)8(4-13-15)14-7-2-3-19-6-7/h4,7,14H,2-3,5-6H2,1H3. The molecule has 0 aromatic carbocycles. The van der Waals surface area contributed by atoms with Crippen LogP contribution in [0, 0.1) is 0 Å². The molecule has 104 valence electrons. The second-order valence-corrected chi connectivity index (χ2v) is 6.06. The fraction of sp³-hybridized carbons (Fsp3) is 0.545. The van der Waals surface area contributed by atoms with E-state index in [-0.39, 0.29) is 12.1 Å². The van der Waals surface area contributed by atoms with E-state index in [0.717, 1.165) is 22.6 Å². The number of rotatable bonds is 4. The Bertz CT molecular complexity index is 528. The van der Waals surface area contributed by atoms with Crippen LogP contribution in [0.1, 0.15) is 6.42 Å². The van der Waals surface area contributed by atoms with Crippen LogP contribution in [0.3, 0.4) is 0 Å². The molecule has 1 aromatic heterocycles. The molecule has 1 saturated heterocycles. The van der Waals surface area contributed by atoms with Crippen LogP contribution in [0.15, 0.2) is 15.5 Å². The first-order valence-electron chi connectivity index (χ1n) is 5.78. The zero-order chi connectivity index (χ0) is 13.8. The van der Waals surface area contributed by atoms with Gasteiger partial charge in [0, 0.05) is 11.8 Å². The summed E-state index contributed by atoms with van der Waals surface area (Å²) >= 11 is 5.14. The van der Waals surface area contributed by atoms with Crippen molar-refractivity contribution < 1.29 is 9.53 Å². The Labute approximate surface area is 123 Å². The van der Waals surface area contributed by atoms with E-state index in [0.29, 0.717) is 16.2 Å². The molecule has 19 heavy (non-hydrogen) atoms. The van der Waals surface area contributed by atoms with Gasteiger partial charge in [-0.1, -0.05) is 0 Å². The van der Waals surface area contributed by atoms with Crippen LogP contribution in [-0.2, 0) is 16.1 Å². The van der Waals surface area contributed by atoms with E-state index in [9.17, 15) is 9.59 Å². The summed E-state index contributed by atoms with van der Waals surface area (Å²) in [4.78, 5) is 23.2. The molecule has 8 heteroatoms. The number of carbonyl (C=O) groups excluding carboxylic acids is 1. The molecular formula is C11H14BrN3O3S. The van der Waals surface area contributed by atoms with E-state index < -0.39 is 5.97 Å². The Kier molecular flexibility index (Phi) is 4.87. The molecule has 1 N–H and O–H groups in total. The molecule has 0 bridgehead atoms. The van der Waals surface area contributed by atoms with Crippen molar-refractivity contribution in [2.24, 2.45) is 0 Å². The van der Waals surface area contributed by atoms with Gasteiger partial charge in [0.2, 0.25) is 0 Å². The third-order valence-electron chi connectivity index (χ3n) is 2.78. The van der Waals surface area contributed by atoms with Gasteiger partial charge in [0.1, 0.15) is 11.0 Å². The third-order valence-corrected chi connectivity index (χ3v) is 4.71. The topological polar surface area (TPSA) is 73.2 Å². The number of anilines is 1. The van der Waals surface area contributed by atoms with Gasteiger partial charge in [0.25, 0.3) is 5.56 Å². The molecule has 0 spiro atoms. The van der Waals surface area contributed by atoms with E-state index >= 15 is 0 Å². The average molecular weight is 348 g/mol. The first kappa shape index (κ1) is 14.4. The summed E-state index contributed by atoms with van der Waals surface area (Å²) in [6, 6.07) is 0.360. The Morgan fingerprint density at radius 3 is 3.16 bits per heavy atom. The highest BCUT2D eigenvalue weighted by atomic mass is 79.9. The molecular weight excluding hydrogens is 334 g/mol. The molecule has 1 atom stereocenters. The van der Waals surface area contributed by atoms with Gasteiger partial charge in [0.15, 0.2) is 0 Å². The van der Waals surface area contributed by atoms with Crippen molar-refractivity contribution in [2.45, 2.75) is 19.0 Å². The van der Waals surface area contributed by atoms with Gasteiger partial charge in [0.05, 0.1) is 19.0 Å². The number of methoxy groups -OCH3 is 1. The van der Waals surface area contributed by atoms with Gasteiger partial charge in [-0.25, -0.2) is 4.68 Å². The average Bonchev–Trinajstić information content (AvgIpc) is 2.91. The highest BCUT2D eigenvalue weighted by molar-refractivity contribution is 9.10. The largest absolute Gasteiger partial charge is 0.468 e. The number of thioether (sulfide) groups is 1. The molecule has 1 aliphatic rings. The van der Waals surface area contributed by atoms with Crippen molar-refractivity contribution in [2.75, 3.05) is 23.9 Å². The van der Waals surface area contributed by atoms with Crippen molar-refractivity contribution in [3.8, 4) is 0 Å². The van der Waals surface area contributed by atoms with E-state index in [1.807, 2.05) is 11.8 Å². The molecule has 0 radical (unpaired) electrons. The molecule has 0 aliphatic carbocycles. The number of esters is 1. The van der Waals surface area contributed by atoms with Crippen molar-refractivity contribution >= 4 is 39.3 Å². The van der Waals surface area contributed by atoms with Crippen LogP contribution in [0.2, 0.25) is 0 Å². The summed E-state index contributed by atoms with van der Waals surface area (Å²) in [6.07, 6.45) is 2.62. The monoisotopic (exact) mass is 347 g/mol. The molecule has 0 saturated carbocycles. The fourth-order valence-corrected chi connectivity index (χ4v) is 3.31. The molecule has 2 heterocycles. The summed E-state index contributed by atoms with van der Waals surface area (Å²) in [5.41, 5.74) is 0.319. The van der Waals surface area contributed by atoms with Crippen LogP contribution >= 0.6 is 27.7 Å². The maximum Gasteiger partial charge on any atom is 0.327 e. The second-order valence-electron chi connectivity index (χ2n) is 4.12. The van der Waals surface area contributed by atoms with E-state index in [4.69, 9.17) is 0 Å². The maximum atomic E-state index is 12.0. The summed E-state index contributed by atoms with van der Waals surface area (Å²) in [7, 11) is 1.27. The summed E-state index contributed by atoms with van der Waals surface area (Å²) < 4.78 is 5.98. The molecule has 2 rings (SSSR count). The highest BCUT2D eigenvalue weighted by Gasteiger charge is 2.18. The number of hydrogen-bond acceptors (Lipinski definition) is 6. The Morgan fingerprint density at radius 1 is 1.74 bits per heavy atom. The number of ether oxygens (including phenoxy) is 1. The van der Waals surface area contributed by atoms with Gasteiger partial charge in [-0.15, -0.1) is 0 Å². The van der Waals surface area contributed by atoms with Crippen LogP contribution in [0.25, 0.3) is 0 Å².